The Bertz CT molecular complexity index is 1230. The predicted molar refractivity (Wildman–Crippen MR) is 293 cm³/mol. The van der Waals surface area contributed by atoms with E-state index in [0.29, 0.717) is 19.3 Å². The smallest absolute Gasteiger partial charge is 0.306 e. The molecular formula is C62H110O6. The highest BCUT2D eigenvalue weighted by Crippen LogP contribution is 2.16. The Morgan fingerprint density at radius 2 is 0.574 bits per heavy atom. The Kier molecular flexibility index (Phi) is 54.3. The molecule has 68 heavy (non-hydrogen) atoms. The van der Waals surface area contributed by atoms with E-state index in [1.54, 1.807) is 0 Å². The van der Waals surface area contributed by atoms with Gasteiger partial charge in [0.1, 0.15) is 13.2 Å². The van der Waals surface area contributed by atoms with Gasteiger partial charge in [0.25, 0.3) is 0 Å². The van der Waals surface area contributed by atoms with Crippen molar-refractivity contribution in [1.82, 2.24) is 0 Å². The van der Waals surface area contributed by atoms with Crippen molar-refractivity contribution < 1.29 is 28.6 Å². The molecule has 0 bridgehead atoms. The van der Waals surface area contributed by atoms with E-state index >= 15 is 0 Å². The van der Waals surface area contributed by atoms with Gasteiger partial charge in [-0.25, -0.2) is 0 Å². The molecule has 0 spiro atoms. The maximum Gasteiger partial charge on any atom is 0.306 e. The van der Waals surface area contributed by atoms with E-state index in [0.717, 1.165) is 103 Å². The molecule has 0 fully saturated rings. The van der Waals surface area contributed by atoms with Gasteiger partial charge < -0.3 is 14.2 Å². The van der Waals surface area contributed by atoms with Crippen LogP contribution in [0.2, 0.25) is 0 Å². The molecule has 0 N–H and O–H groups in total. The Hall–Kier alpha value is -2.89. The first-order valence-corrected chi connectivity index (χ1v) is 29.3. The van der Waals surface area contributed by atoms with Gasteiger partial charge in [-0.1, -0.05) is 236 Å². The lowest BCUT2D eigenvalue weighted by Gasteiger charge is -2.18. The van der Waals surface area contributed by atoms with Gasteiger partial charge in [0.15, 0.2) is 6.10 Å². The van der Waals surface area contributed by atoms with E-state index in [2.05, 4.69) is 81.5 Å². The van der Waals surface area contributed by atoms with Gasteiger partial charge in [0.05, 0.1) is 0 Å². The van der Waals surface area contributed by atoms with Gasteiger partial charge >= 0.3 is 17.9 Å². The third-order valence-corrected chi connectivity index (χ3v) is 12.7. The van der Waals surface area contributed by atoms with Crippen LogP contribution >= 0.6 is 0 Å². The van der Waals surface area contributed by atoms with Gasteiger partial charge in [-0.05, 0) is 103 Å². The fraction of sp³-hybridized carbons (Fsp3) is 0.790. The number of carbonyl (C=O) groups is 3. The molecular weight excluding hydrogens is 841 g/mol. The lowest BCUT2D eigenvalue weighted by atomic mass is 10.0. The lowest BCUT2D eigenvalue weighted by Crippen LogP contribution is -2.30. The summed E-state index contributed by atoms with van der Waals surface area (Å²) in [6.45, 7) is 6.51. The molecule has 394 valence electrons. The molecule has 0 aliphatic carbocycles. The monoisotopic (exact) mass is 951 g/mol. The SMILES string of the molecule is CC/C=C\C/C=C\C/C=C\CCCCCCCC(=O)OC(COC(=O)CCCCCCC/C=C\CCCCC)COC(=O)CCCCCCCCCCCCC/C=C\CCCCCCCCCC. The molecule has 0 rings (SSSR count). The average molecular weight is 952 g/mol. The first-order valence-electron chi connectivity index (χ1n) is 29.3. The zero-order valence-electron chi connectivity index (χ0n) is 45.1. The molecule has 0 aromatic rings. The highest BCUT2D eigenvalue weighted by molar-refractivity contribution is 5.71. The number of esters is 3. The second-order valence-corrected chi connectivity index (χ2v) is 19.5. The van der Waals surface area contributed by atoms with Crippen LogP contribution in [0.3, 0.4) is 0 Å². The van der Waals surface area contributed by atoms with Crippen molar-refractivity contribution in [1.29, 1.82) is 0 Å². The summed E-state index contributed by atoms with van der Waals surface area (Å²) in [4.78, 5) is 38.1. The van der Waals surface area contributed by atoms with Crippen LogP contribution < -0.4 is 0 Å². The summed E-state index contributed by atoms with van der Waals surface area (Å²) < 4.78 is 16.8. The molecule has 0 saturated carbocycles. The van der Waals surface area contributed by atoms with Gasteiger partial charge in [0.2, 0.25) is 0 Å². The van der Waals surface area contributed by atoms with E-state index in [1.807, 2.05) is 0 Å². The van der Waals surface area contributed by atoms with E-state index < -0.39 is 6.10 Å². The van der Waals surface area contributed by atoms with Crippen LogP contribution in [0.15, 0.2) is 60.8 Å². The summed E-state index contributed by atoms with van der Waals surface area (Å²) in [5.74, 6) is -0.901. The third-order valence-electron chi connectivity index (χ3n) is 12.7. The van der Waals surface area contributed by atoms with Crippen LogP contribution in [0.5, 0.6) is 0 Å². The fourth-order valence-electron chi connectivity index (χ4n) is 8.33. The predicted octanol–water partition coefficient (Wildman–Crippen LogP) is 19.6. The Balaban J connectivity index is 4.29. The van der Waals surface area contributed by atoms with Crippen molar-refractivity contribution in [2.45, 2.75) is 303 Å². The van der Waals surface area contributed by atoms with Crippen LogP contribution in [0.1, 0.15) is 297 Å². The fourth-order valence-corrected chi connectivity index (χ4v) is 8.33. The number of allylic oxidation sites excluding steroid dienone is 10. The van der Waals surface area contributed by atoms with Crippen molar-refractivity contribution in [2.75, 3.05) is 13.2 Å². The number of hydrogen-bond donors (Lipinski definition) is 0. The summed E-state index contributed by atoms with van der Waals surface area (Å²) in [6.07, 6.45) is 70.8. The number of unbranched alkanes of at least 4 members (excludes halogenated alkanes) is 32. The summed E-state index contributed by atoms with van der Waals surface area (Å²) in [5, 5.41) is 0. The molecule has 6 nitrogen and oxygen atoms in total. The molecule has 6 heteroatoms. The zero-order chi connectivity index (χ0) is 49.3. The summed E-state index contributed by atoms with van der Waals surface area (Å²) >= 11 is 0. The van der Waals surface area contributed by atoms with Gasteiger partial charge in [0, 0.05) is 19.3 Å². The van der Waals surface area contributed by atoms with Crippen LogP contribution in [-0.4, -0.2) is 37.2 Å². The second kappa shape index (κ2) is 56.7. The number of ether oxygens (including phenoxy) is 3. The topological polar surface area (TPSA) is 78.9 Å². The molecule has 0 aliphatic heterocycles. The largest absolute Gasteiger partial charge is 0.462 e. The standard InChI is InChI=1S/C62H110O6/c1-4-7-10-13-16-19-22-25-27-28-29-30-31-32-33-34-36-37-40-43-46-49-52-55-61(64)67-58-59(57-66-60(63)54-51-48-45-42-39-24-21-18-15-12-9-6-3)68-62(65)56-53-50-47-44-41-38-35-26-23-20-17-14-11-8-5-2/h8,11,17-18,20-21,26,28-29,35,59H,4-7,9-10,12-16,19,22-25,27,30-34,36-58H2,1-3H3/b11-8-,20-17-,21-18-,29-28-,35-26-. The minimum atomic E-state index is -0.786. The third kappa shape index (κ3) is 54.1. The van der Waals surface area contributed by atoms with Crippen LogP contribution in [0.4, 0.5) is 0 Å². The first-order chi connectivity index (χ1) is 33.5. The zero-order valence-corrected chi connectivity index (χ0v) is 45.1. The summed E-state index contributed by atoms with van der Waals surface area (Å²) in [6, 6.07) is 0. The molecule has 0 radical (unpaired) electrons. The maximum atomic E-state index is 12.8. The highest BCUT2D eigenvalue weighted by Gasteiger charge is 2.19. The second-order valence-electron chi connectivity index (χ2n) is 19.5. The molecule has 0 aliphatic rings. The van der Waals surface area contributed by atoms with Crippen molar-refractivity contribution in [3.63, 3.8) is 0 Å². The molecule has 0 aromatic carbocycles. The highest BCUT2D eigenvalue weighted by atomic mass is 16.6. The van der Waals surface area contributed by atoms with E-state index in [4.69, 9.17) is 14.2 Å². The van der Waals surface area contributed by atoms with Gasteiger partial charge in [-0.3, -0.25) is 14.4 Å². The lowest BCUT2D eigenvalue weighted by molar-refractivity contribution is -0.167. The number of carbonyl (C=O) groups excluding carboxylic acids is 3. The van der Waals surface area contributed by atoms with Crippen molar-refractivity contribution in [2.24, 2.45) is 0 Å². The molecule has 0 amide bonds. The maximum absolute atomic E-state index is 12.8. The van der Waals surface area contributed by atoms with Crippen molar-refractivity contribution >= 4 is 17.9 Å². The van der Waals surface area contributed by atoms with Crippen LogP contribution in [-0.2, 0) is 28.6 Å². The quantitative estimate of drug-likeness (QED) is 0.0262. The number of rotatable bonds is 53. The molecule has 1 atom stereocenters. The molecule has 0 heterocycles. The van der Waals surface area contributed by atoms with E-state index in [-0.39, 0.29) is 31.1 Å². The number of hydrogen-bond acceptors (Lipinski definition) is 6. The minimum absolute atomic E-state index is 0.0832. The Labute approximate surface area is 421 Å². The van der Waals surface area contributed by atoms with Crippen LogP contribution in [0.25, 0.3) is 0 Å². The average Bonchev–Trinajstić information content (AvgIpc) is 3.34. The summed E-state index contributed by atoms with van der Waals surface area (Å²) in [7, 11) is 0. The van der Waals surface area contributed by atoms with Gasteiger partial charge in [-0.15, -0.1) is 0 Å². The minimum Gasteiger partial charge on any atom is -0.462 e. The summed E-state index contributed by atoms with van der Waals surface area (Å²) in [5.41, 5.74) is 0. The first kappa shape index (κ1) is 65.1. The van der Waals surface area contributed by atoms with E-state index in [1.165, 1.54) is 154 Å². The van der Waals surface area contributed by atoms with Crippen molar-refractivity contribution in [3.05, 3.63) is 60.8 Å². The normalized spacial score (nSPS) is 12.5. The van der Waals surface area contributed by atoms with Crippen LogP contribution in [0, 0.1) is 0 Å². The Morgan fingerprint density at radius 1 is 0.309 bits per heavy atom. The Morgan fingerprint density at radius 3 is 0.941 bits per heavy atom. The molecule has 0 aromatic heterocycles. The molecule has 1 unspecified atom stereocenters. The van der Waals surface area contributed by atoms with Gasteiger partial charge in [-0.2, -0.15) is 0 Å². The van der Waals surface area contributed by atoms with Crippen molar-refractivity contribution in [3.8, 4) is 0 Å². The van der Waals surface area contributed by atoms with E-state index in [9.17, 15) is 14.4 Å². The molecule has 0 saturated heterocycles.